The summed E-state index contributed by atoms with van der Waals surface area (Å²) < 4.78 is 0. The molecule has 2 aliphatic heterocycles. The van der Waals surface area contributed by atoms with Gasteiger partial charge in [0.05, 0.1) is 0 Å². The number of hydrogen-bond donors (Lipinski definition) is 1. The molecule has 0 saturated carbocycles. The number of fused-ring (bicyclic) bond motifs is 1. The van der Waals surface area contributed by atoms with E-state index in [-0.39, 0.29) is 5.91 Å². The first kappa shape index (κ1) is 5.58. The van der Waals surface area contributed by atoms with Crippen LogP contribution in [0.1, 0.15) is 0 Å². The first-order valence-corrected chi connectivity index (χ1v) is 3.26. The van der Waals surface area contributed by atoms with Crippen LogP contribution in [-0.4, -0.2) is 42.5 Å². The average Bonchev–Trinajstić information content (AvgIpc) is 2.34. The normalized spacial score (nSPS) is 23.0. The maximum atomic E-state index is 11.0. The lowest BCUT2D eigenvalue weighted by molar-refractivity contribution is -0.438. The van der Waals surface area contributed by atoms with Crippen molar-refractivity contribution in [2.45, 2.75) is 0 Å². The molecular formula is C6H8N3O+. The largest absolute Gasteiger partial charge is 0.284 e. The molecule has 0 aromatic carbocycles. The lowest BCUT2D eigenvalue weighted by Crippen LogP contribution is -2.77. The van der Waals surface area contributed by atoms with Crippen molar-refractivity contribution in [1.82, 2.24) is 4.90 Å². The third-order valence-electron chi connectivity index (χ3n) is 1.69. The third-order valence-corrected chi connectivity index (χ3v) is 1.69. The zero-order valence-electron chi connectivity index (χ0n) is 5.50. The molecule has 0 aliphatic carbocycles. The van der Waals surface area contributed by atoms with Crippen LogP contribution in [0, 0.1) is 0 Å². The Kier molecular flexibility index (Phi) is 1.06. The Morgan fingerprint density at radius 3 is 3.40 bits per heavy atom. The number of rotatable bonds is 0. The van der Waals surface area contributed by atoms with Gasteiger partial charge in [0.25, 0.3) is 0 Å². The minimum absolute atomic E-state index is 0.118. The fourth-order valence-corrected chi connectivity index (χ4v) is 1.15. The van der Waals surface area contributed by atoms with Gasteiger partial charge in [0, 0.05) is 0 Å². The van der Waals surface area contributed by atoms with Crippen LogP contribution in [-0.2, 0) is 4.79 Å². The summed E-state index contributed by atoms with van der Waals surface area (Å²) in [7, 11) is 0. The zero-order chi connectivity index (χ0) is 6.97. The van der Waals surface area contributed by atoms with Crippen LogP contribution >= 0.6 is 0 Å². The lowest BCUT2D eigenvalue weighted by atomic mass is 10.4. The number of aliphatic imine (C=N–C) groups is 1. The average molecular weight is 138 g/mol. The highest BCUT2D eigenvalue weighted by atomic mass is 16.2. The molecule has 0 fully saturated rings. The topological polar surface area (TPSA) is 46.6 Å². The first-order chi connectivity index (χ1) is 4.88. The molecule has 4 heteroatoms. The molecule has 1 N–H and O–H groups in total. The summed E-state index contributed by atoms with van der Waals surface area (Å²) in [4.78, 5) is 19.8. The molecule has 52 valence electrons. The summed E-state index contributed by atoms with van der Waals surface area (Å²) in [5.41, 5.74) is 0. The van der Waals surface area contributed by atoms with Crippen molar-refractivity contribution in [3.05, 3.63) is 0 Å². The van der Waals surface area contributed by atoms with E-state index >= 15 is 0 Å². The van der Waals surface area contributed by atoms with E-state index in [1.165, 1.54) is 0 Å². The van der Waals surface area contributed by atoms with Crippen LogP contribution in [0.2, 0.25) is 0 Å². The van der Waals surface area contributed by atoms with E-state index in [2.05, 4.69) is 9.98 Å². The summed E-state index contributed by atoms with van der Waals surface area (Å²) in [6, 6.07) is 0. The molecule has 4 nitrogen and oxygen atoms in total. The highest BCUT2D eigenvalue weighted by Gasteiger charge is 2.28. The molecule has 2 aliphatic rings. The van der Waals surface area contributed by atoms with Gasteiger partial charge in [0.15, 0.2) is 18.6 Å². The second-order valence-corrected chi connectivity index (χ2v) is 2.32. The van der Waals surface area contributed by atoms with Gasteiger partial charge in [-0.05, 0) is 0 Å². The molecular weight excluding hydrogens is 130 g/mol. The fourth-order valence-electron chi connectivity index (χ4n) is 1.15. The molecule has 2 rings (SSSR count). The summed E-state index contributed by atoms with van der Waals surface area (Å²) in [6.07, 6.45) is 1.88. The maximum Gasteiger partial charge on any atom is 0.250 e. The summed E-state index contributed by atoms with van der Waals surface area (Å²) in [6.45, 7) is 1.70. The Morgan fingerprint density at radius 2 is 2.60 bits per heavy atom. The number of amidine groups is 1. The Morgan fingerprint density at radius 1 is 1.70 bits per heavy atom. The molecule has 0 saturated heterocycles. The first-order valence-electron chi connectivity index (χ1n) is 3.26. The molecule has 0 atom stereocenters. The number of nitrogens with zero attached hydrogens (tertiary/aromatic N) is 2. The summed E-state index contributed by atoms with van der Waals surface area (Å²) in [5.74, 6) is 1.00. The third kappa shape index (κ3) is 0.650. The predicted molar refractivity (Wildman–Crippen MR) is 35.9 cm³/mol. The molecule has 0 radical (unpaired) electrons. The van der Waals surface area contributed by atoms with Crippen molar-refractivity contribution in [1.29, 1.82) is 0 Å². The SMILES string of the molecule is O=C1CN=C2C[NH+]=CCN12. The standard InChI is InChI=1S/C6H7N3O/c10-6-4-8-5-3-7-1-2-9(5)6/h1H,2-4H2/p+1. The van der Waals surface area contributed by atoms with Gasteiger partial charge < -0.3 is 0 Å². The number of amides is 1. The van der Waals surface area contributed by atoms with E-state index < -0.39 is 0 Å². The molecule has 0 aromatic rings. The maximum absolute atomic E-state index is 11.0. The number of hydrogen-bond acceptors (Lipinski definition) is 2. The second kappa shape index (κ2) is 1.90. The number of carbonyl (C=O) groups excluding carboxylic acids is 1. The van der Waals surface area contributed by atoms with Gasteiger partial charge in [-0.3, -0.25) is 14.7 Å². The van der Waals surface area contributed by atoms with Gasteiger partial charge in [0.2, 0.25) is 5.91 Å². The van der Waals surface area contributed by atoms with Crippen molar-refractivity contribution in [2.75, 3.05) is 19.6 Å². The fraction of sp³-hybridized carbons (Fsp3) is 0.500. The van der Waals surface area contributed by atoms with E-state index in [9.17, 15) is 4.79 Å². The van der Waals surface area contributed by atoms with Gasteiger partial charge in [0.1, 0.15) is 13.1 Å². The molecule has 0 unspecified atom stereocenters. The van der Waals surface area contributed by atoms with E-state index in [4.69, 9.17) is 0 Å². The van der Waals surface area contributed by atoms with Crippen LogP contribution in [0.4, 0.5) is 0 Å². The van der Waals surface area contributed by atoms with Crippen molar-refractivity contribution in [3.8, 4) is 0 Å². The van der Waals surface area contributed by atoms with E-state index in [1.54, 1.807) is 4.90 Å². The van der Waals surface area contributed by atoms with Crippen molar-refractivity contribution in [2.24, 2.45) is 4.99 Å². The second-order valence-electron chi connectivity index (χ2n) is 2.32. The molecule has 2 heterocycles. The van der Waals surface area contributed by atoms with Crippen molar-refractivity contribution < 1.29 is 9.79 Å². The van der Waals surface area contributed by atoms with Crippen LogP contribution < -0.4 is 4.99 Å². The Balaban J connectivity index is 2.28. The molecule has 0 bridgehead atoms. The van der Waals surface area contributed by atoms with Crippen molar-refractivity contribution >= 4 is 18.0 Å². The van der Waals surface area contributed by atoms with Crippen LogP contribution in [0.3, 0.4) is 0 Å². The van der Waals surface area contributed by atoms with Crippen LogP contribution in [0.5, 0.6) is 0 Å². The van der Waals surface area contributed by atoms with Gasteiger partial charge in [-0.1, -0.05) is 0 Å². The van der Waals surface area contributed by atoms with E-state index in [0.29, 0.717) is 19.6 Å². The Hall–Kier alpha value is -1.19. The Labute approximate surface area is 58.3 Å². The van der Waals surface area contributed by atoms with Crippen LogP contribution in [0.15, 0.2) is 4.99 Å². The van der Waals surface area contributed by atoms with Gasteiger partial charge in [-0.15, -0.1) is 0 Å². The van der Waals surface area contributed by atoms with E-state index in [1.807, 2.05) is 6.21 Å². The highest BCUT2D eigenvalue weighted by Crippen LogP contribution is 2.00. The number of nitrogens with one attached hydrogen (secondary N) is 1. The summed E-state index contributed by atoms with van der Waals surface area (Å²) in [5, 5.41) is 0. The highest BCUT2D eigenvalue weighted by molar-refractivity contribution is 6.06. The van der Waals surface area contributed by atoms with Crippen molar-refractivity contribution in [3.63, 3.8) is 0 Å². The minimum Gasteiger partial charge on any atom is -0.284 e. The zero-order valence-corrected chi connectivity index (χ0v) is 5.50. The van der Waals surface area contributed by atoms with Gasteiger partial charge in [-0.25, -0.2) is 4.99 Å². The smallest absolute Gasteiger partial charge is 0.250 e. The molecule has 10 heavy (non-hydrogen) atoms. The summed E-state index contributed by atoms with van der Waals surface area (Å²) >= 11 is 0. The quantitative estimate of drug-likeness (QED) is 0.392. The van der Waals surface area contributed by atoms with Gasteiger partial charge >= 0.3 is 0 Å². The van der Waals surface area contributed by atoms with Gasteiger partial charge in [-0.2, -0.15) is 0 Å². The monoisotopic (exact) mass is 138 g/mol. The molecule has 0 spiro atoms. The predicted octanol–water partition coefficient (Wildman–Crippen LogP) is -2.61. The van der Waals surface area contributed by atoms with Crippen LogP contribution in [0.25, 0.3) is 0 Å². The molecule has 0 aromatic heterocycles. The van der Waals surface area contributed by atoms with E-state index in [0.717, 1.165) is 5.84 Å². The number of carbonyl (C=O) groups is 1. The lowest BCUT2D eigenvalue weighted by Gasteiger charge is -2.14. The Bertz CT molecular complexity index is 231. The molecule has 1 amide bonds. The minimum atomic E-state index is 0.118.